The van der Waals surface area contributed by atoms with Crippen LogP contribution in [0.15, 0.2) is 47.6 Å². The highest BCUT2D eigenvalue weighted by atomic mass is 35.5. The standard InChI is InChI=1S/C21H24Cl2O3/c1-6-26-20(24)12-15(3)9-7-8-14(2)10-11-17-18(22)13-19(25-5)16(4)21(17)23/h7-13H,6H2,1-5H3/b9-7+,11-10?,14-8+,15-12+. The SMILES string of the molecule is CCOC(=O)/C=C(C)/C=C/C=C(\C)C=Cc1c(Cl)cc(OC)c(C)c1Cl. The van der Waals surface area contributed by atoms with Crippen molar-refractivity contribution in [3.8, 4) is 5.75 Å². The number of carbonyl (C=O) groups excluding carboxylic acids is 1. The summed E-state index contributed by atoms with van der Waals surface area (Å²) in [6, 6.07) is 1.75. The number of benzene rings is 1. The summed E-state index contributed by atoms with van der Waals surface area (Å²) in [5.74, 6) is 0.325. The number of carbonyl (C=O) groups is 1. The van der Waals surface area contributed by atoms with Crippen LogP contribution >= 0.6 is 23.2 Å². The van der Waals surface area contributed by atoms with Crippen LogP contribution in [-0.2, 0) is 9.53 Å². The van der Waals surface area contributed by atoms with Gasteiger partial charge >= 0.3 is 5.97 Å². The van der Waals surface area contributed by atoms with E-state index in [4.69, 9.17) is 32.7 Å². The third-order valence-corrected chi connectivity index (χ3v) is 4.33. The van der Waals surface area contributed by atoms with Gasteiger partial charge in [0.15, 0.2) is 0 Å². The van der Waals surface area contributed by atoms with Crippen molar-refractivity contribution >= 4 is 35.2 Å². The third-order valence-electron chi connectivity index (χ3n) is 3.53. The van der Waals surface area contributed by atoms with Gasteiger partial charge in [0, 0.05) is 17.2 Å². The number of allylic oxidation sites excluding steroid dienone is 6. The van der Waals surface area contributed by atoms with E-state index in [1.165, 1.54) is 6.08 Å². The highest BCUT2D eigenvalue weighted by molar-refractivity contribution is 6.38. The van der Waals surface area contributed by atoms with Gasteiger partial charge in [0.2, 0.25) is 0 Å². The second kappa shape index (κ2) is 10.9. The lowest BCUT2D eigenvalue weighted by Gasteiger charge is -2.10. The molecule has 5 heteroatoms. The summed E-state index contributed by atoms with van der Waals surface area (Å²) in [4.78, 5) is 11.4. The average molecular weight is 395 g/mol. The van der Waals surface area contributed by atoms with E-state index in [1.807, 2.05) is 51.2 Å². The molecular weight excluding hydrogens is 371 g/mol. The Kier molecular flexibility index (Phi) is 9.25. The van der Waals surface area contributed by atoms with Crippen LogP contribution in [0.5, 0.6) is 5.75 Å². The van der Waals surface area contributed by atoms with Gasteiger partial charge in [-0.25, -0.2) is 4.79 Å². The summed E-state index contributed by atoms with van der Waals surface area (Å²) >= 11 is 12.7. The highest BCUT2D eigenvalue weighted by Gasteiger charge is 2.11. The molecule has 0 bridgehead atoms. The Hall–Kier alpha value is -1.97. The summed E-state index contributed by atoms with van der Waals surface area (Å²) in [5, 5.41) is 1.10. The fraction of sp³-hybridized carbons (Fsp3) is 0.286. The maximum absolute atomic E-state index is 11.4. The molecule has 140 valence electrons. The van der Waals surface area contributed by atoms with Crippen molar-refractivity contribution in [2.45, 2.75) is 27.7 Å². The summed E-state index contributed by atoms with van der Waals surface area (Å²) in [6.45, 7) is 7.83. The highest BCUT2D eigenvalue weighted by Crippen LogP contribution is 2.35. The molecule has 0 saturated heterocycles. The van der Waals surface area contributed by atoms with Gasteiger partial charge in [0.25, 0.3) is 0 Å². The number of esters is 1. The van der Waals surface area contributed by atoms with Crippen LogP contribution in [-0.4, -0.2) is 19.7 Å². The van der Waals surface area contributed by atoms with Crippen LogP contribution in [0.3, 0.4) is 0 Å². The Labute approximate surface area is 165 Å². The first-order chi connectivity index (χ1) is 12.3. The van der Waals surface area contributed by atoms with E-state index in [1.54, 1.807) is 20.1 Å². The lowest BCUT2D eigenvalue weighted by Crippen LogP contribution is -1.99. The first-order valence-electron chi connectivity index (χ1n) is 8.20. The Balaban J connectivity index is 2.89. The molecule has 0 unspecified atom stereocenters. The molecule has 0 saturated carbocycles. The fourth-order valence-electron chi connectivity index (χ4n) is 2.12. The van der Waals surface area contributed by atoms with Crippen molar-refractivity contribution < 1.29 is 14.3 Å². The number of methoxy groups -OCH3 is 1. The molecule has 0 aliphatic carbocycles. The quantitative estimate of drug-likeness (QED) is 0.307. The Morgan fingerprint density at radius 1 is 1.19 bits per heavy atom. The maximum Gasteiger partial charge on any atom is 0.330 e. The van der Waals surface area contributed by atoms with E-state index in [2.05, 4.69) is 0 Å². The molecule has 26 heavy (non-hydrogen) atoms. The van der Waals surface area contributed by atoms with E-state index in [9.17, 15) is 4.79 Å². The molecule has 1 aromatic carbocycles. The van der Waals surface area contributed by atoms with Crippen LogP contribution in [0.25, 0.3) is 6.08 Å². The van der Waals surface area contributed by atoms with Gasteiger partial charge < -0.3 is 9.47 Å². The topological polar surface area (TPSA) is 35.5 Å². The number of ether oxygens (including phenoxy) is 2. The van der Waals surface area contributed by atoms with Crippen molar-refractivity contribution in [3.63, 3.8) is 0 Å². The van der Waals surface area contributed by atoms with Crippen LogP contribution in [0.1, 0.15) is 31.9 Å². The molecule has 0 amide bonds. The zero-order valence-electron chi connectivity index (χ0n) is 15.7. The molecule has 0 aliphatic heterocycles. The predicted molar refractivity (Wildman–Crippen MR) is 110 cm³/mol. The zero-order valence-corrected chi connectivity index (χ0v) is 17.2. The van der Waals surface area contributed by atoms with Crippen LogP contribution in [0.2, 0.25) is 10.0 Å². The average Bonchev–Trinajstić information content (AvgIpc) is 2.58. The van der Waals surface area contributed by atoms with E-state index < -0.39 is 0 Å². The summed E-state index contributed by atoms with van der Waals surface area (Å²) in [5.41, 5.74) is 3.42. The van der Waals surface area contributed by atoms with Crippen molar-refractivity contribution in [2.24, 2.45) is 0 Å². The van der Waals surface area contributed by atoms with Crippen molar-refractivity contribution in [1.82, 2.24) is 0 Å². The van der Waals surface area contributed by atoms with Crippen molar-refractivity contribution in [3.05, 3.63) is 68.8 Å². The Morgan fingerprint density at radius 3 is 2.50 bits per heavy atom. The number of halogens is 2. The summed E-state index contributed by atoms with van der Waals surface area (Å²) < 4.78 is 10.1. The van der Waals surface area contributed by atoms with E-state index >= 15 is 0 Å². The van der Waals surface area contributed by atoms with Gasteiger partial charge in [-0.3, -0.25) is 0 Å². The minimum absolute atomic E-state index is 0.339. The first-order valence-corrected chi connectivity index (χ1v) is 8.96. The molecule has 0 radical (unpaired) electrons. The lowest BCUT2D eigenvalue weighted by atomic mass is 10.1. The van der Waals surface area contributed by atoms with Gasteiger partial charge in [-0.2, -0.15) is 0 Å². The van der Waals surface area contributed by atoms with Gasteiger partial charge in [-0.1, -0.05) is 59.2 Å². The minimum Gasteiger partial charge on any atom is -0.496 e. The fourth-order valence-corrected chi connectivity index (χ4v) is 2.68. The van der Waals surface area contributed by atoms with E-state index in [-0.39, 0.29) is 5.97 Å². The van der Waals surface area contributed by atoms with Crippen LogP contribution in [0.4, 0.5) is 0 Å². The number of rotatable bonds is 7. The molecule has 0 N–H and O–H groups in total. The molecule has 3 nitrogen and oxygen atoms in total. The number of hydrogen-bond donors (Lipinski definition) is 0. The molecule has 1 aromatic rings. The second-order valence-corrected chi connectivity index (χ2v) is 6.44. The van der Waals surface area contributed by atoms with Gasteiger partial charge in [-0.05, 0) is 39.3 Å². The molecular formula is C21H24Cl2O3. The molecule has 0 aromatic heterocycles. The van der Waals surface area contributed by atoms with E-state index in [0.717, 1.165) is 22.3 Å². The minimum atomic E-state index is -0.339. The molecule has 1 rings (SSSR count). The Bertz CT molecular complexity index is 772. The van der Waals surface area contributed by atoms with Gasteiger partial charge in [0.05, 0.1) is 23.8 Å². The lowest BCUT2D eigenvalue weighted by molar-refractivity contribution is -0.137. The second-order valence-electron chi connectivity index (χ2n) is 5.66. The van der Waals surface area contributed by atoms with E-state index in [0.29, 0.717) is 22.4 Å². The largest absolute Gasteiger partial charge is 0.496 e. The number of hydrogen-bond acceptors (Lipinski definition) is 3. The monoisotopic (exact) mass is 394 g/mol. The van der Waals surface area contributed by atoms with Crippen molar-refractivity contribution in [2.75, 3.05) is 13.7 Å². The van der Waals surface area contributed by atoms with Crippen LogP contribution < -0.4 is 4.74 Å². The molecule has 0 spiro atoms. The molecule has 0 aliphatic rings. The van der Waals surface area contributed by atoms with Gasteiger partial charge in [-0.15, -0.1) is 0 Å². The molecule has 0 heterocycles. The predicted octanol–water partition coefficient (Wildman–Crippen LogP) is 6.34. The van der Waals surface area contributed by atoms with Gasteiger partial charge in [0.1, 0.15) is 5.75 Å². The molecule has 0 atom stereocenters. The normalized spacial score (nSPS) is 12.9. The maximum atomic E-state index is 11.4. The summed E-state index contributed by atoms with van der Waals surface area (Å²) in [7, 11) is 1.59. The molecule has 0 fully saturated rings. The Morgan fingerprint density at radius 2 is 1.88 bits per heavy atom. The van der Waals surface area contributed by atoms with Crippen molar-refractivity contribution in [1.29, 1.82) is 0 Å². The third kappa shape index (κ3) is 6.74. The zero-order chi connectivity index (χ0) is 19.7. The first kappa shape index (κ1) is 22.1. The van der Waals surface area contributed by atoms with Crippen LogP contribution in [0, 0.1) is 6.92 Å². The smallest absolute Gasteiger partial charge is 0.330 e. The summed E-state index contributed by atoms with van der Waals surface area (Å²) in [6.07, 6.45) is 10.9.